The van der Waals surface area contributed by atoms with Crippen LogP contribution in [0.3, 0.4) is 0 Å². The standard InChI is InChI=1S/C24H31F3N6O4/c1-14-17(4-3-5-19(14)24(25,26)27)15(2)31-22(35)18-13-33(16-6-9-36-10-7-16)21(34)12-20(18)30-8-11-37-32-23(28)29/h3-5,12-13,15-16,30H,6-11H2,1-2H3,(H,31,35)(H4,28,29,32). The normalized spacial score (nSPS) is 15.1. The summed E-state index contributed by atoms with van der Waals surface area (Å²) >= 11 is 0. The van der Waals surface area contributed by atoms with Crippen molar-refractivity contribution in [2.24, 2.45) is 16.6 Å². The van der Waals surface area contributed by atoms with Crippen molar-refractivity contribution in [1.29, 1.82) is 0 Å². The number of carbonyl (C=O) groups excluding carboxylic acids is 1. The highest BCUT2D eigenvalue weighted by atomic mass is 19.4. The van der Waals surface area contributed by atoms with E-state index >= 15 is 0 Å². The van der Waals surface area contributed by atoms with Crippen LogP contribution in [0.15, 0.2) is 40.4 Å². The van der Waals surface area contributed by atoms with Gasteiger partial charge in [-0.05, 0) is 49.0 Å². The number of carbonyl (C=O) groups is 1. The number of halogens is 3. The molecular weight excluding hydrogens is 493 g/mol. The number of amides is 1. The summed E-state index contributed by atoms with van der Waals surface area (Å²) in [5.74, 6) is -0.809. The minimum Gasteiger partial charge on any atom is -0.391 e. The Labute approximate surface area is 211 Å². The van der Waals surface area contributed by atoms with Crippen molar-refractivity contribution in [3.8, 4) is 0 Å². The maximum atomic E-state index is 13.4. The Kier molecular flexibility index (Phi) is 9.03. The lowest BCUT2D eigenvalue weighted by Crippen LogP contribution is -2.33. The molecule has 1 aromatic carbocycles. The van der Waals surface area contributed by atoms with Crippen LogP contribution in [0.2, 0.25) is 0 Å². The van der Waals surface area contributed by atoms with Crippen LogP contribution >= 0.6 is 0 Å². The first kappa shape index (κ1) is 27.8. The smallest absolute Gasteiger partial charge is 0.391 e. The van der Waals surface area contributed by atoms with Gasteiger partial charge in [-0.1, -0.05) is 12.1 Å². The molecule has 0 aliphatic carbocycles. The number of hydrogen-bond acceptors (Lipinski definition) is 6. The van der Waals surface area contributed by atoms with E-state index in [-0.39, 0.29) is 47.5 Å². The molecule has 2 heterocycles. The number of rotatable bonds is 9. The van der Waals surface area contributed by atoms with E-state index in [1.54, 1.807) is 13.0 Å². The van der Waals surface area contributed by atoms with Crippen LogP contribution in [0.4, 0.5) is 18.9 Å². The molecule has 1 atom stereocenters. The molecule has 1 aliphatic heterocycles. The molecular formula is C24H31F3N6O4. The lowest BCUT2D eigenvalue weighted by molar-refractivity contribution is -0.138. The van der Waals surface area contributed by atoms with Crippen LogP contribution in [0.5, 0.6) is 0 Å². The highest BCUT2D eigenvalue weighted by molar-refractivity contribution is 5.99. The van der Waals surface area contributed by atoms with E-state index in [1.165, 1.54) is 29.8 Å². The molecule has 1 aliphatic rings. The number of pyridine rings is 1. The molecule has 2 aromatic rings. The lowest BCUT2D eigenvalue weighted by Gasteiger charge is -2.26. The molecule has 1 unspecified atom stereocenters. The van der Waals surface area contributed by atoms with E-state index in [0.29, 0.717) is 31.6 Å². The first-order valence-corrected chi connectivity index (χ1v) is 11.7. The summed E-state index contributed by atoms with van der Waals surface area (Å²) in [6.07, 6.45) is -1.82. The molecule has 6 N–H and O–H groups in total. The first-order chi connectivity index (χ1) is 17.5. The van der Waals surface area contributed by atoms with Crippen LogP contribution in [0, 0.1) is 6.92 Å². The van der Waals surface area contributed by atoms with Gasteiger partial charge < -0.3 is 36.2 Å². The molecule has 202 valence electrons. The van der Waals surface area contributed by atoms with E-state index < -0.39 is 23.7 Å². The summed E-state index contributed by atoms with van der Waals surface area (Å²) in [6, 6.07) is 4.28. The predicted octanol–water partition coefficient (Wildman–Crippen LogP) is 2.63. The Bertz CT molecular complexity index is 1190. The number of benzene rings is 1. The van der Waals surface area contributed by atoms with Gasteiger partial charge in [-0.2, -0.15) is 13.2 Å². The van der Waals surface area contributed by atoms with Crippen molar-refractivity contribution in [1.82, 2.24) is 9.88 Å². The minimum absolute atomic E-state index is 0.0326. The molecule has 10 nitrogen and oxygen atoms in total. The van der Waals surface area contributed by atoms with E-state index in [0.717, 1.165) is 6.07 Å². The number of guanidine groups is 1. The maximum absolute atomic E-state index is 13.4. The predicted molar refractivity (Wildman–Crippen MR) is 132 cm³/mol. The second-order valence-corrected chi connectivity index (χ2v) is 8.68. The second kappa shape index (κ2) is 12.0. The number of alkyl halides is 3. The number of nitrogens with two attached hydrogens (primary N) is 2. The number of nitrogens with zero attached hydrogens (tertiary/aromatic N) is 2. The van der Waals surface area contributed by atoms with Crippen molar-refractivity contribution in [3.05, 3.63) is 63.1 Å². The Morgan fingerprint density at radius 2 is 2.00 bits per heavy atom. The second-order valence-electron chi connectivity index (χ2n) is 8.68. The summed E-state index contributed by atoms with van der Waals surface area (Å²) < 4.78 is 47.0. The van der Waals surface area contributed by atoms with Crippen LogP contribution in [0.1, 0.15) is 58.9 Å². The fraction of sp³-hybridized carbons (Fsp3) is 0.458. The van der Waals surface area contributed by atoms with Gasteiger partial charge in [0.1, 0.15) is 6.61 Å². The number of hydrogen-bond donors (Lipinski definition) is 4. The van der Waals surface area contributed by atoms with Crippen LogP contribution < -0.4 is 27.7 Å². The van der Waals surface area contributed by atoms with Gasteiger partial charge in [0.05, 0.1) is 29.4 Å². The monoisotopic (exact) mass is 524 g/mol. The molecule has 0 radical (unpaired) electrons. The van der Waals surface area contributed by atoms with Gasteiger partial charge in [-0.3, -0.25) is 9.59 Å². The summed E-state index contributed by atoms with van der Waals surface area (Å²) in [5.41, 5.74) is 10.1. The summed E-state index contributed by atoms with van der Waals surface area (Å²) in [4.78, 5) is 31.2. The molecule has 0 spiro atoms. The van der Waals surface area contributed by atoms with E-state index in [4.69, 9.17) is 21.0 Å². The lowest BCUT2D eigenvalue weighted by atomic mass is 9.97. The van der Waals surface area contributed by atoms with Gasteiger partial charge in [-0.15, -0.1) is 0 Å². The third-order valence-corrected chi connectivity index (χ3v) is 6.08. The Hall–Kier alpha value is -3.74. The van der Waals surface area contributed by atoms with Crippen LogP contribution in [0.25, 0.3) is 0 Å². The SMILES string of the molecule is Cc1c(C(C)NC(=O)c2cn(C3CCOCC3)c(=O)cc2NCCON=C(N)N)cccc1C(F)(F)F. The number of ether oxygens (including phenoxy) is 1. The van der Waals surface area contributed by atoms with Crippen molar-refractivity contribution < 1.29 is 27.5 Å². The summed E-state index contributed by atoms with van der Waals surface area (Å²) in [7, 11) is 0. The topological polar surface area (TPSA) is 146 Å². The molecule has 3 rings (SSSR count). The molecule has 1 aromatic heterocycles. The summed E-state index contributed by atoms with van der Waals surface area (Å²) in [6.45, 7) is 4.17. The Morgan fingerprint density at radius 3 is 2.65 bits per heavy atom. The van der Waals surface area contributed by atoms with Gasteiger partial charge in [-0.25, -0.2) is 0 Å². The maximum Gasteiger partial charge on any atom is 0.416 e. The van der Waals surface area contributed by atoms with Gasteiger partial charge in [0.25, 0.3) is 11.5 Å². The minimum atomic E-state index is -4.51. The third-order valence-electron chi connectivity index (χ3n) is 6.08. The Morgan fingerprint density at radius 1 is 1.30 bits per heavy atom. The van der Waals surface area contributed by atoms with Crippen LogP contribution in [-0.4, -0.2) is 42.8 Å². The van der Waals surface area contributed by atoms with E-state index in [2.05, 4.69) is 15.8 Å². The molecule has 0 bridgehead atoms. The number of anilines is 1. The zero-order valence-corrected chi connectivity index (χ0v) is 20.6. The largest absolute Gasteiger partial charge is 0.416 e. The van der Waals surface area contributed by atoms with Gasteiger partial charge in [0, 0.05) is 31.5 Å². The quantitative estimate of drug-likeness (QED) is 0.171. The van der Waals surface area contributed by atoms with Gasteiger partial charge in [0.2, 0.25) is 5.96 Å². The van der Waals surface area contributed by atoms with Crippen molar-refractivity contribution in [3.63, 3.8) is 0 Å². The van der Waals surface area contributed by atoms with E-state index in [9.17, 15) is 22.8 Å². The zero-order chi connectivity index (χ0) is 27.2. The number of oxime groups is 1. The fourth-order valence-electron chi connectivity index (χ4n) is 4.26. The first-order valence-electron chi connectivity index (χ1n) is 11.7. The van der Waals surface area contributed by atoms with Crippen molar-refractivity contribution >= 4 is 17.6 Å². The van der Waals surface area contributed by atoms with Gasteiger partial charge in [0.15, 0.2) is 0 Å². The number of aromatic nitrogens is 1. The third kappa shape index (κ3) is 7.15. The number of nitrogens with one attached hydrogen (secondary N) is 2. The van der Waals surface area contributed by atoms with Crippen LogP contribution in [-0.2, 0) is 15.8 Å². The average molecular weight is 525 g/mol. The molecule has 1 amide bonds. The Balaban J connectivity index is 1.88. The highest BCUT2D eigenvalue weighted by Gasteiger charge is 2.33. The zero-order valence-electron chi connectivity index (χ0n) is 20.6. The summed E-state index contributed by atoms with van der Waals surface area (Å²) in [5, 5.41) is 9.14. The highest BCUT2D eigenvalue weighted by Crippen LogP contribution is 2.34. The molecule has 0 saturated carbocycles. The van der Waals surface area contributed by atoms with E-state index in [1.807, 2.05) is 0 Å². The molecule has 1 saturated heterocycles. The molecule has 37 heavy (non-hydrogen) atoms. The molecule has 1 fully saturated rings. The van der Waals surface area contributed by atoms with Crippen molar-refractivity contribution in [2.75, 3.05) is 31.7 Å². The molecule has 13 heteroatoms. The fourth-order valence-corrected chi connectivity index (χ4v) is 4.26. The average Bonchev–Trinajstić information content (AvgIpc) is 2.83. The van der Waals surface area contributed by atoms with Gasteiger partial charge >= 0.3 is 6.18 Å². The van der Waals surface area contributed by atoms with Crippen molar-refractivity contribution in [2.45, 2.75) is 44.9 Å².